The molecule has 0 aliphatic carbocycles. The summed E-state index contributed by atoms with van der Waals surface area (Å²) in [5, 5.41) is 5.28. The van der Waals surface area contributed by atoms with Gasteiger partial charge in [0.1, 0.15) is 23.3 Å². The van der Waals surface area contributed by atoms with Gasteiger partial charge in [0.05, 0.1) is 22.7 Å². The summed E-state index contributed by atoms with van der Waals surface area (Å²) in [5.41, 5.74) is 4.22. The molecular weight excluding hydrogens is 729 g/mol. The SMILES string of the molecule is Fc1cc(N(c2ccccc2)c2ccc3ccc4c(N(c5ccccc5)c5cc(F)c(-c6ccccc6)cc5F)ccc5ccc2c3c54)c(F)cc1-c1ccccc1. The first-order valence-corrected chi connectivity index (χ1v) is 18.9. The van der Waals surface area contributed by atoms with E-state index in [1.807, 2.05) is 121 Å². The van der Waals surface area contributed by atoms with E-state index in [0.717, 1.165) is 32.3 Å². The third-order valence-corrected chi connectivity index (χ3v) is 10.9. The molecule has 0 radical (unpaired) electrons. The Kier molecular flexibility index (Phi) is 8.60. The van der Waals surface area contributed by atoms with Crippen LogP contribution < -0.4 is 9.80 Å². The predicted octanol–water partition coefficient (Wildman–Crippen LogP) is 15.4. The van der Waals surface area contributed by atoms with Gasteiger partial charge >= 0.3 is 0 Å². The smallest absolute Gasteiger partial charge is 0.148 e. The molecule has 0 N–H and O–H groups in total. The van der Waals surface area contributed by atoms with Gasteiger partial charge in [-0.1, -0.05) is 133 Å². The van der Waals surface area contributed by atoms with Crippen molar-refractivity contribution < 1.29 is 17.6 Å². The van der Waals surface area contributed by atoms with Crippen molar-refractivity contribution in [3.8, 4) is 22.3 Å². The average molecular weight is 761 g/mol. The average Bonchev–Trinajstić information content (AvgIpc) is 3.27. The van der Waals surface area contributed by atoms with Crippen molar-refractivity contribution in [3.63, 3.8) is 0 Å². The van der Waals surface area contributed by atoms with Crippen molar-refractivity contribution in [1.82, 2.24) is 0 Å². The molecule has 0 aromatic heterocycles. The highest BCUT2D eigenvalue weighted by Crippen LogP contribution is 2.49. The zero-order valence-electron chi connectivity index (χ0n) is 30.9. The molecule has 0 aliphatic rings. The lowest BCUT2D eigenvalue weighted by molar-refractivity contribution is 0.604. The van der Waals surface area contributed by atoms with E-state index >= 15 is 17.6 Å². The van der Waals surface area contributed by atoms with Gasteiger partial charge in [0.25, 0.3) is 0 Å². The molecule has 6 heteroatoms. The van der Waals surface area contributed by atoms with Crippen LogP contribution in [0.4, 0.5) is 51.7 Å². The van der Waals surface area contributed by atoms with Gasteiger partial charge < -0.3 is 9.80 Å². The Morgan fingerprint density at radius 3 is 1.02 bits per heavy atom. The van der Waals surface area contributed by atoms with Crippen LogP contribution in [0.1, 0.15) is 0 Å². The van der Waals surface area contributed by atoms with E-state index in [1.54, 1.807) is 58.3 Å². The molecule has 0 bridgehead atoms. The van der Waals surface area contributed by atoms with E-state index in [4.69, 9.17) is 0 Å². The minimum absolute atomic E-state index is 0.0609. The van der Waals surface area contributed by atoms with Crippen molar-refractivity contribution in [2.24, 2.45) is 0 Å². The van der Waals surface area contributed by atoms with Gasteiger partial charge in [-0.3, -0.25) is 0 Å². The summed E-state index contributed by atoms with van der Waals surface area (Å²) < 4.78 is 65.1. The Morgan fingerprint density at radius 1 is 0.293 bits per heavy atom. The minimum atomic E-state index is -0.580. The van der Waals surface area contributed by atoms with Crippen molar-refractivity contribution in [2.75, 3.05) is 9.80 Å². The fraction of sp³-hybridized carbons (Fsp3) is 0. The first-order chi connectivity index (χ1) is 28.4. The maximum atomic E-state index is 16.5. The third kappa shape index (κ3) is 5.89. The number of hydrogen-bond donors (Lipinski definition) is 0. The molecule has 58 heavy (non-hydrogen) atoms. The Bertz CT molecular complexity index is 2890. The Morgan fingerprint density at radius 2 is 0.638 bits per heavy atom. The van der Waals surface area contributed by atoms with Crippen LogP contribution >= 0.6 is 0 Å². The van der Waals surface area contributed by atoms with Gasteiger partial charge in [-0.25, -0.2) is 17.6 Å². The van der Waals surface area contributed by atoms with Crippen LogP contribution in [0.3, 0.4) is 0 Å². The number of para-hydroxylation sites is 2. The van der Waals surface area contributed by atoms with Crippen molar-refractivity contribution >= 4 is 66.4 Å². The number of nitrogens with zero attached hydrogens (tertiary/aromatic N) is 2. The van der Waals surface area contributed by atoms with E-state index in [1.165, 1.54) is 24.3 Å². The standard InChI is InChI=1S/C52H32F4N2/c53-43-31-49(45(55)29-41(43)33-13-5-1-6-14-33)57(37-17-9-3-10-18-37)47-27-23-35-22-26-40-48(28-24-36-21-25-39(47)51(35)52(36)40)58(38-19-11-4-12-20-38)50-32-44(54)42(30-46(50)56)34-15-7-2-8-16-34/h1-32H. The van der Waals surface area contributed by atoms with Crippen LogP contribution in [-0.4, -0.2) is 0 Å². The Labute approximate surface area is 332 Å². The van der Waals surface area contributed by atoms with Crippen LogP contribution in [0.5, 0.6) is 0 Å². The number of halogens is 4. The largest absolute Gasteiger partial charge is 0.307 e. The predicted molar refractivity (Wildman–Crippen MR) is 230 cm³/mol. The van der Waals surface area contributed by atoms with Crippen LogP contribution in [0, 0.1) is 23.3 Å². The van der Waals surface area contributed by atoms with E-state index in [2.05, 4.69) is 0 Å². The summed E-state index contributed by atoms with van der Waals surface area (Å²) >= 11 is 0. The lowest BCUT2D eigenvalue weighted by atomic mass is 9.91. The molecule has 2 nitrogen and oxygen atoms in total. The van der Waals surface area contributed by atoms with Crippen LogP contribution in [0.15, 0.2) is 194 Å². The zero-order valence-corrected chi connectivity index (χ0v) is 30.9. The summed E-state index contributed by atoms with van der Waals surface area (Å²) in [5.74, 6) is -2.26. The van der Waals surface area contributed by atoms with Gasteiger partial charge in [-0.2, -0.15) is 0 Å². The topological polar surface area (TPSA) is 6.48 Å². The molecule has 0 atom stereocenters. The van der Waals surface area contributed by atoms with E-state index in [-0.39, 0.29) is 22.5 Å². The normalized spacial score (nSPS) is 11.4. The Balaban J connectivity index is 1.19. The maximum Gasteiger partial charge on any atom is 0.148 e. The second kappa shape index (κ2) is 14.3. The number of benzene rings is 10. The molecule has 0 saturated carbocycles. The van der Waals surface area contributed by atoms with Crippen molar-refractivity contribution in [1.29, 1.82) is 0 Å². The molecule has 0 heterocycles. The highest BCUT2D eigenvalue weighted by Gasteiger charge is 2.26. The fourth-order valence-corrected chi connectivity index (χ4v) is 8.22. The van der Waals surface area contributed by atoms with Gasteiger partial charge in [-0.15, -0.1) is 0 Å². The molecule has 0 amide bonds. The lowest BCUT2D eigenvalue weighted by Crippen LogP contribution is -2.13. The molecule has 10 rings (SSSR count). The molecule has 0 unspecified atom stereocenters. The van der Waals surface area contributed by atoms with E-state index in [0.29, 0.717) is 33.9 Å². The van der Waals surface area contributed by atoms with Crippen molar-refractivity contribution in [2.45, 2.75) is 0 Å². The minimum Gasteiger partial charge on any atom is -0.307 e. The van der Waals surface area contributed by atoms with Crippen LogP contribution in [0.25, 0.3) is 54.6 Å². The highest BCUT2D eigenvalue weighted by atomic mass is 19.1. The summed E-state index contributed by atoms with van der Waals surface area (Å²) in [7, 11) is 0. The third-order valence-electron chi connectivity index (χ3n) is 10.9. The molecule has 10 aromatic rings. The number of hydrogen-bond acceptors (Lipinski definition) is 2. The van der Waals surface area contributed by atoms with Gasteiger partial charge in [0.15, 0.2) is 0 Å². The molecule has 0 fully saturated rings. The quantitative estimate of drug-likeness (QED) is 0.112. The summed E-state index contributed by atoms with van der Waals surface area (Å²) in [6.07, 6.45) is 0. The number of rotatable bonds is 8. The lowest BCUT2D eigenvalue weighted by Gasteiger charge is -2.30. The maximum absolute atomic E-state index is 16.5. The molecule has 10 aromatic carbocycles. The van der Waals surface area contributed by atoms with Crippen molar-refractivity contribution in [3.05, 3.63) is 217 Å². The molecule has 0 aliphatic heterocycles. The van der Waals surface area contributed by atoms with Gasteiger partial charge in [0, 0.05) is 45.4 Å². The molecular formula is C52H32F4N2. The van der Waals surface area contributed by atoms with Gasteiger partial charge in [0.2, 0.25) is 0 Å². The highest BCUT2D eigenvalue weighted by molar-refractivity contribution is 6.28. The molecule has 278 valence electrons. The van der Waals surface area contributed by atoms with E-state index < -0.39 is 23.3 Å². The summed E-state index contributed by atoms with van der Waals surface area (Å²) in [4.78, 5) is 3.51. The fourth-order valence-electron chi connectivity index (χ4n) is 8.22. The zero-order chi connectivity index (χ0) is 39.3. The molecule has 0 saturated heterocycles. The second-order valence-corrected chi connectivity index (χ2v) is 14.2. The number of anilines is 6. The summed E-state index contributed by atoms with van der Waals surface area (Å²) in [6, 6.07) is 57.5. The summed E-state index contributed by atoms with van der Waals surface area (Å²) in [6.45, 7) is 0. The first-order valence-electron chi connectivity index (χ1n) is 18.9. The van der Waals surface area contributed by atoms with Crippen LogP contribution in [0.2, 0.25) is 0 Å². The first kappa shape index (κ1) is 35.0. The monoisotopic (exact) mass is 760 g/mol. The molecule has 0 spiro atoms. The Hall–Kier alpha value is -7.44. The van der Waals surface area contributed by atoms with E-state index in [9.17, 15) is 0 Å². The van der Waals surface area contributed by atoms with Crippen LogP contribution in [-0.2, 0) is 0 Å². The van der Waals surface area contributed by atoms with Gasteiger partial charge in [-0.05, 0) is 81.2 Å². The second-order valence-electron chi connectivity index (χ2n) is 14.2.